The second kappa shape index (κ2) is 7.44. The highest BCUT2D eigenvalue weighted by Gasteiger charge is 2.09. The van der Waals surface area contributed by atoms with Crippen molar-refractivity contribution in [2.24, 2.45) is 5.73 Å². The van der Waals surface area contributed by atoms with Crippen molar-refractivity contribution in [2.45, 2.75) is 18.9 Å². The van der Waals surface area contributed by atoms with E-state index in [1.165, 1.54) is 13.2 Å². The predicted molar refractivity (Wildman–Crippen MR) is 63.4 cm³/mol. The third kappa shape index (κ3) is 3.96. The molecule has 0 aliphatic carbocycles. The summed E-state index contributed by atoms with van der Waals surface area (Å²) in [6.45, 7) is 0.104. The van der Waals surface area contributed by atoms with Crippen molar-refractivity contribution < 1.29 is 14.2 Å². The number of aliphatic hydroxyl groups is 1. The number of ether oxygens (including phenoxy) is 1. The normalized spacial score (nSPS) is 11.8. The number of methoxy groups -OCH3 is 1. The number of benzene rings is 1. The molecule has 1 aromatic rings. The first-order chi connectivity index (χ1) is 7.19. The van der Waals surface area contributed by atoms with E-state index in [0.29, 0.717) is 12.8 Å². The Morgan fingerprint density at radius 2 is 2.19 bits per heavy atom. The third-order valence-electron chi connectivity index (χ3n) is 2.28. The summed E-state index contributed by atoms with van der Waals surface area (Å²) in [5.74, 6) is -0.192. The monoisotopic (exact) mass is 249 g/mol. The Morgan fingerprint density at radius 3 is 2.69 bits per heavy atom. The van der Waals surface area contributed by atoms with Gasteiger partial charge in [0.25, 0.3) is 0 Å². The molecule has 0 spiro atoms. The first-order valence-corrected chi connectivity index (χ1v) is 4.89. The minimum atomic E-state index is -0.408. The summed E-state index contributed by atoms with van der Waals surface area (Å²) < 4.78 is 18.1. The van der Waals surface area contributed by atoms with E-state index in [1.807, 2.05) is 0 Å². The molecule has 92 valence electrons. The molecular weight excluding hydrogens is 233 g/mol. The lowest BCUT2D eigenvalue weighted by molar-refractivity contribution is 0.280. The highest BCUT2D eigenvalue weighted by molar-refractivity contribution is 5.85. The van der Waals surface area contributed by atoms with Gasteiger partial charge in [-0.3, -0.25) is 0 Å². The van der Waals surface area contributed by atoms with Crippen LogP contribution in [0.2, 0.25) is 0 Å². The van der Waals surface area contributed by atoms with Crippen molar-refractivity contribution in [2.75, 3.05) is 13.7 Å². The second-order valence-electron chi connectivity index (χ2n) is 3.37. The zero-order chi connectivity index (χ0) is 11.3. The third-order valence-corrected chi connectivity index (χ3v) is 2.28. The van der Waals surface area contributed by atoms with Crippen molar-refractivity contribution >= 4 is 12.4 Å². The molecule has 0 saturated heterocycles. The van der Waals surface area contributed by atoms with Crippen molar-refractivity contribution in [3.05, 3.63) is 29.6 Å². The smallest absolute Gasteiger partial charge is 0.165 e. The SMILES string of the molecule is COc1ccc([C@H](N)CCCO)cc1F.Cl. The highest BCUT2D eigenvalue weighted by Crippen LogP contribution is 2.22. The quantitative estimate of drug-likeness (QED) is 0.840. The molecular formula is C11H17ClFNO2. The van der Waals surface area contributed by atoms with Crippen LogP contribution in [0.4, 0.5) is 4.39 Å². The van der Waals surface area contributed by atoms with Crippen LogP contribution in [0.5, 0.6) is 5.75 Å². The van der Waals surface area contributed by atoms with Crippen LogP contribution in [-0.4, -0.2) is 18.8 Å². The molecule has 1 aromatic carbocycles. The van der Waals surface area contributed by atoms with Crippen LogP contribution in [-0.2, 0) is 0 Å². The van der Waals surface area contributed by atoms with Gasteiger partial charge in [-0.1, -0.05) is 6.07 Å². The van der Waals surface area contributed by atoms with Crippen LogP contribution < -0.4 is 10.5 Å². The summed E-state index contributed by atoms with van der Waals surface area (Å²) in [6.07, 6.45) is 1.26. The van der Waals surface area contributed by atoms with Crippen LogP contribution in [0.15, 0.2) is 18.2 Å². The van der Waals surface area contributed by atoms with Crippen LogP contribution >= 0.6 is 12.4 Å². The van der Waals surface area contributed by atoms with Gasteiger partial charge in [-0.05, 0) is 30.5 Å². The van der Waals surface area contributed by atoms with E-state index in [1.54, 1.807) is 12.1 Å². The molecule has 1 atom stereocenters. The Kier molecular flexibility index (Phi) is 7.05. The minimum absolute atomic E-state index is 0. The summed E-state index contributed by atoms with van der Waals surface area (Å²) in [7, 11) is 1.42. The lowest BCUT2D eigenvalue weighted by atomic mass is 10.0. The maximum Gasteiger partial charge on any atom is 0.165 e. The first-order valence-electron chi connectivity index (χ1n) is 4.89. The fraction of sp³-hybridized carbons (Fsp3) is 0.455. The standard InChI is InChI=1S/C11H16FNO2.ClH/c1-15-11-5-4-8(7-9(11)12)10(13)3-2-6-14;/h4-5,7,10,14H,2-3,6,13H2,1H3;1H/t10-;/m1./s1. The van der Waals surface area contributed by atoms with Crippen molar-refractivity contribution in [3.8, 4) is 5.75 Å². The summed E-state index contributed by atoms with van der Waals surface area (Å²) in [5, 5.41) is 8.65. The van der Waals surface area contributed by atoms with E-state index in [-0.39, 0.29) is 30.8 Å². The Bertz CT molecular complexity index is 323. The van der Waals surface area contributed by atoms with Gasteiger partial charge in [0.2, 0.25) is 0 Å². The Labute approximate surface area is 101 Å². The van der Waals surface area contributed by atoms with Gasteiger partial charge in [0.05, 0.1) is 7.11 Å². The molecule has 0 fully saturated rings. The molecule has 16 heavy (non-hydrogen) atoms. The average molecular weight is 250 g/mol. The van der Waals surface area contributed by atoms with E-state index in [4.69, 9.17) is 15.6 Å². The molecule has 3 N–H and O–H groups in total. The Balaban J connectivity index is 0.00000225. The topological polar surface area (TPSA) is 55.5 Å². The number of halogens is 2. The van der Waals surface area contributed by atoms with Crippen LogP contribution in [0, 0.1) is 5.82 Å². The summed E-state index contributed by atoms with van der Waals surface area (Å²) >= 11 is 0. The fourth-order valence-corrected chi connectivity index (χ4v) is 1.39. The maximum atomic E-state index is 13.3. The van der Waals surface area contributed by atoms with Gasteiger partial charge in [0.15, 0.2) is 11.6 Å². The Hall–Kier alpha value is -0.840. The lowest BCUT2D eigenvalue weighted by Crippen LogP contribution is -2.11. The van der Waals surface area contributed by atoms with Gasteiger partial charge >= 0.3 is 0 Å². The van der Waals surface area contributed by atoms with Gasteiger partial charge < -0.3 is 15.6 Å². The molecule has 0 bridgehead atoms. The first kappa shape index (κ1) is 15.2. The molecule has 3 nitrogen and oxygen atoms in total. The molecule has 5 heteroatoms. The summed E-state index contributed by atoms with van der Waals surface area (Å²) in [6, 6.07) is 4.44. The van der Waals surface area contributed by atoms with Gasteiger partial charge in [0.1, 0.15) is 0 Å². The number of aliphatic hydroxyl groups excluding tert-OH is 1. The zero-order valence-corrected chi connectivity index (χ0v) is 9.97. The maximum absolute atomic E-state index is 13.3. The Morgan fingerprint density at radius 1 is 1.50 bits per heavy atom. The average Bonchev–Trinajstić information content (AvgIpc) is 2.25. The summed E-state index contributed by atoms with van der Waals surface area (Å²) in [5.41, 5.74) is 6.55. The van der Waals surface area contributed by atoms with E-state index >= 15 is 0 Å². The van der Waals surface area contributed by atoms with Crippen molar-refractivity contribution in [1.29, 1.82) is 0 Å². The fourth-order valence-electron chi connectivity index (χ4n) is 1.39. The van der Waals surface area contributed by atoms with E-state index < -0.39 is 5.82 Å². The molecule has 0 aromatic heterocycles. The van der Waals surface area contributed by atoms with Gasteiger partial charge in [-0.2, -0.15) is 0 Å². The van der Waals surface area contributed by atoms with Gasteiger partial charge in [-0.25, -0.2) is 4.39 Å². The van der Waals surface area contributed by atoms with Crippen LogP contribution in [0.25, 0.3) is 0 Å². The minimum Gasteiger partial charge on any atom is -0.494 e. The van der Waals surface area contributed by atoms with Gasteiger partial charge in [-0.15, -0.1) is 12.4 Å². The molecule has 0 radical (unpaired) electrons. The van der Waals surface area contributed by atoms with E-state index in [9.17, 15) is 4.39 Å². The molecule has 0 saturated carbocycles. The van der Waals surface area contributed by atoms with E-state index in [0.717, 1.165) is 5.56 Å². The molecule has 0 heterocycles. The molecule has 1 rings (SSSR count). The number of hydrogen-bond donors (Lipinski definition) is 2. The summed E-state index contributed by atoms with van der Waals surface area (Å²) in [4.78, 5) is 0. The van der Waals surface area contributed by atoms with Crippen molar-refractivity contribution in [3.63, 3.8) is 0 Å². The largest absolute Gasteiger partial charge is 0.494 e. The number of hydrogen-bond acceptors (Lipinski definition) is 3. The second-order valence-corrected chi connectivity index (χ2v) is 3.37. The highest BCUT2D eigenvalue weighted by atomic mass is 35.5. The molecule has 0 amide bonds. The van der Waals surface area contributed by atoms with Gasteiger partial charge in [0, 0.05) is 12.6 Å². The molecule has 0 unspecified atom stereocenters. The van der Waals surface area contributed by atoms with E-state index in [2.05, 4.69) is 0 Å². The van der Waals surface area contributed by atoms with Crippen LogP contribution in [0.1, 0.15) is 24.4 Å². The molecule has 0 aliphatic heterocycles. The lowest BCUT2D eigenvalue weighted by Gasteiger charge is -2.12. The van der Waals surface area contributed by atoms with Crippen LogP contribution in [0.3, 0.4) is 0 Å². The number of rotatable bonds is 5. The zero-order valence-electron chi connectivity index (χ0n) is 9.15. The molecule has 0 aliphatic rings. The number of nitrogens with two attached hydrogens (primary N) is 1. The van der Waals surface area contributed by atoms with Crippen molar-refractivity contribution in [1.82, 2.24) is 0 Å². The predicted octanol–water partition coefficient (Wildman–Crippen LogP) is 2.03.